The van der Waals surface area contributed by atoms with E-state index in [1.54, 1.807) is 0 Å². The van der Waals surface area contributed by atoms with E-state index in [9.17, 15) is 0 Å². The normalized spacial score (nSPS) is 13.9. The Bertz CT molecular complexity index is 1830. The van der Waals surface area contributed by atoms with Gasteiger partial charge in [0.2, 0.25) is 0 Å². The molecule has 1 aliphatic rings. The molecule has 0 saturated heterocycles. The first-order chi connectivity index (χ1) is 22.5. The molecule has 1 radical (unpaired) electrons. The van der Waals surface area contributed by atoms with Crippen LogP contribution >= 0.6 is 15.8 Å². The van der Waals surface area contributed by atoms with Crippen LogP contribution in [0.1, 0.15) is 57.0 Å². The SMILES string of the molecule is Cc1cc(C)cc(P(c2cc(C)cc(C)c2)c2ccccc2C2=CC=C[C]2[C@H](C)P(c2cc(C)cc(C)c2)c2cc(C)cc(C)c2)c1. The summed E-state index contributed by atoms with van der Waals surface area (Å²) in [6.07, 6.45) is 7.05. The van der Waals surface area contributed by atoms with Gasteiger partial charge in [-0.3, -0.25) is 0 Å². The Morgan fingerprint density at radius 2 is 0.851 bits per heavy atom. The van der Waals surface area contributed by atoms with Crippen LogP contribution in [-0.4, -0.2) is 5.66 Å². The minimum absolute atomic E-state index is 0.333. The molecule has 47 heavy (non-hydrogen) atoms. The van der Waals surface area contributed by atoms with Gasteiger partial charge in [0.05, 0.1) is 0 Å². The Balaban J connectivity index is 1.50. The average molecular weight is 650 g/mol. The quantitative estimate of drug-likeness (QED) is 0.147. The number of benzene rings is 5. The Kier molecular flexibility index (Phi) is 9.85. The van der Waals surface area contributed by atoms with Gasteiger partial charge >= 0.3 is 0 Å². The fourth-order valence-corrected chi connectivity index (χ4v) is 13.4. The van der Waals surface area contributed by atoms with Crippen molar-refractivity contribution in [2.75, 3.05) is 0 Å². The topological polar surface area (TPSA) is 0 Å². The lowest BCUT2D eigenvalue weighted by molar-refractivity contribution is 1.08. The molecule has 0 fully saturated rings. The van der Waals surface area contributed by atoms with Crippen molar-refractivity contribution >= 4 is 47.9 Å². The zero-order valence-corrected chi connectivity index (χ0v) is 31.2. The maximum atomic E-state index is 2.47. The first-order valence-electron chi connectivity index (χ1n) is 16.7. The van der Waals surface area contributed by atoms with Gasteiger partial charge < -0.3 is 0 Å². The predicted molar refractivity (Wildman–Crippen MR) is 212 cm³/mol. The molecule has 0 unspecified atom stereocenters. The minimum Gasteiger partial charge on any atom is -0.0721 e. The van der Waals surface area contributed by atoms with E-state index in [4.69, 9.17) is 0 Å². The highest BCUT2D eigenvalue weighted by atomic mass is 31.1. The van der Waals surface area contributed by atoms with Crippen LogP contribution < -0.4 is 26.5 Å². The first-order valence-corrected chi connectivity index (χ1v) is 19.5. The number of rotatable bonds is 8. The monoisotopic (exact) mass is 649 g/mol. The fraction of sp³-hybridized carbons (Fsp3) is 0.222. The van der Waals surface area contributed by atoms with E-state index in [1.165, 1.54) is 88.1 Å². The predicted octanol–water partition coefficient (Wildman–Crippen LogP) is 9.96. The second-order valence-electron chi connectivity index (χ2n) is 13.7. The van der Waals surface area contributed by atoms with Gasteiger partial charge in [0.25, 0.3) is 0 Å². The zero-order valence-electron chi connectivity index (χ0n) is 29.4. The number of aryl methyl sites for hydroxylation is 8. The lowest BCUT2D eigenvalue weighted by Crippen LogP contribution is -2.27. The molecular formula is C45H47P2. The largest absolute Gasteiger partial charge is 0.0721 e. The smallest absolute Gasteiger partial charge is 0.0350 e. The summed E-state index contributed by atoms with van der Waals surface area (Å²) in [6, 6.07) is 37.8. The molecule has 0 heterocycles. The standard InChI is InChI=1S/C45H47P2/c1-29-17-30(2)22-38(21-29)46(39-23-31(3)18-32(4)24-39)37(9)42-14-12-15-43(42)44-13-10-11-16-45(44)47(40-25-33(5)19-34(6)26-40)41-27-35(7)20-36(8)28-41/h10-28,37H,1-9H3/t37-/m0/s1. The van der Waals surface area contributed by atoms with Crippen molar-refractivity contribution in [1.82, 2.24) is 0 Å². The average Bonchev–Trinajstić information content (AvgIpc) is 3.46. The molecular weight excluding hydrogens is 602 g/mol. The molecule has 1 aliphatic carbocycles. The van der Waals surface area contributed by atoms with Gasteiger partial charge in [-0.05, 0) is 115 Å². The second kappa shape index (κ2) is 13.9. The van der Waals surface area contributed by atoms with Gasteiger partial charge in [-0.2, -0.15) is 0 Å². The highest BCUT2D eigenvalue weighted by Crippen LogP contribution is 2.50. The third-order valence-electron chi connectivity index (χ3n) is 9.02. The van der Waals surface area contributed by atoms with Crippen LogP contribution in [0, 0.1) is 61.3 Å². The molecule has 0 nitrogen and oxygen atoms in total. The highest BCUT2D eigenvalue weighted by Gasteiger charge is 2.34. The van der Waals surface area contributed by atoms with E-state index in [-0.39, 0.29) is 0 Å². The van der Waals surface area contributed by atoms with Crippen LogP contribution in [0.15, 0.2) is 115 Å². The Labute approximate surface area is 286 Å². The molecule has 237 valence electrons. The summed E-state index contributed by atoms with van der Waals surface area (Å²) in [5.74, 6) is 1.44. The van der Waals surface area contributed by atoms with Crippen LogP contribution in [0.3, 0.4) is 0 Å². The maximum Gasteiger partial charge on any atom is 0.0350 e. The Morgan fingerprint density at radius 1 is 0.468 bits per heavy atom. The molecule has 5 aromatic rings. The molecule has 0 spiro atoms. The van der Waals surface area contributed by atoms with Crippen molar-refractivity contribution in [3.63, 3.8) is 0 Å². The summed E-state index contributed by atoms with van der Waals surface area (Å²) >= 11 is 0. The number of allylic oxidation sites excluding steroid dienone is 4. The van der Waals surface area contributed by atoms with Gasteiger partial charge in [0, 0.05) is 5.92 Å². The third-order valence-corrected chi connectivity index (χ3v) is 14.1. The Hall–Kier alpha value is -3.56. The van der Waals surface area contributed by atoms with E-state index in [0.29, 0.717) is 5.66 Å². The minimum atomic E-state index is -0.783. The van der Waals surface area contributed by atoms with Crippen molar-refractivity contribution in [3.8, 4) is 0 Å². The third kappa shape index (κ3) is 7.31. The molecule has 5 aromatic carbocycles. The first kappa shape index (κ1) is 33.3. The molecule has 0 saturated carbocycles. The van der Waals surface area contributed by atoms with Crippen molar-refractivity contribution in [2.45, 2.75) is 68.0 Å². The molecule has 2 heteroatoms. The zero-order chi connectivity index (χ0) is 33.4. The molecule has 6 rings (SSSR count). The summed E-state index contributed by atoms with van der Waals surface area (Å²) in [6.45, 7) is 20.4. The molecule has 0 N–H and O–H groups in total. The van der Waals surface area contributed by atoms with Crippen molar-refractivity contribution < 1.29 is 0 Å². The molecule has 1 atom stereocenters. The van der Waals surface area contributed by atoms with Gasteiger partial charge in [-0.25, -0.2) is 0 Å². The lowest BCUT2D eigenvalue weighted by Gasteiger charge is -2.33. The fourth-order valence-electron chi connectivity index (χ4n) is 7.44. The molecule has 0 amide bonds. The summed E-state index contributed by atoms with van der Waals surface area (Å²) in [5, 5.41) is 7.19. The summed E-state index contributed by atoms with van der Waals surface area (Å²) in [4.78, 5) is 0. The van der Waals surface area contributed by atoms with E-state index in [1.807, 2.05) is 0 Å². The van der Waals surface area contributed by atoms with Gasteiger partial charge in [0.1, 0.15) is 0 Å². The van der Waals surface area contributed by atoms with Crippen molar-refractivity contribution in [1.29, 1.82) is 0 Å². The molecule has 0 aliphatic heterocycles. The van der Waals surface area contributed by atoms with E-state index in [2.05, 4.69) is 178 Å². The van der Waals surface area contributed by atoms with Crippen LogP contribution in [-0.2, 0) is 0 Å². The second-order valence-corrected chi connectivity index (χ2v) is 18.4. The van der Waals surface area contributed by atoms with Crippen LogP contribution in [0.5, 0.6) is 0 Å². The number of hydrogen-bond acceptors (Lipinski definition) is 0. The summed E-state index contributed by atoms with van der Waals surface area (Å²) in [7, 11) is -1.44. The van der Waals surface area contributed by atoms with Crippen LogP contribution in [0.4, 0.5) is 0 Å². The highest BCUT2D eigenvalue weighted by molar-refractivity contribution is 7.80. The van der Waals surface area contributed by atoms with Crippen LogP contribution in [0.2, 0.25) is 0 Å². The maximum absolute atomic E-state index is 2.47. The van der Waals surface area contributed by atoms with Gasteiger partial charge in [-0.15, -0.1) is 0 Å². The van der Waals surface area contributed by atoms with Crippen molar-refractivity contribution in [3.05, 3.63) is 171 Å². The lowest BCUT2D eigenvalue weighted by atomic mass is 9.93. The van der Waals surface area contributed by atoms with Gasteiger partial charge in [0.15, 0.2) is 0 Å². The van der Waals surface area contributed by atoms with Crippen LogP contribution in [0.25, 0.3) is 5.57 Å². The Morgan fingerprint density at radius 3 is 1.28 bits per heavy atom. The molecule has 0 bridgehead atoms. The van der Waals surface area contributed by atoms with E-state index < -0.39 is 15.8 Å². The van der Waals surface area contributed by atoms with Gasteiger partial charge in [-0.1, -0.05) is 167 Å². The van der Waals surface area contributed by atoms with E-state index >= 15 is 0 Å². The summed E-state index contributed by atoms with van der Waals surface area (Å²) < 4.78 is 0. The van der Waals surface area contributed by atoms with Crippen molar-refractivity contribution in [2.24, 2.45) is 0 Å². The summed E-state index contributed by atoms with van der Waals surface area (Å²) in [5.41, 5.74) is 13.7. The van der Waals surface area contributed by atoms with E-state index in [0.717, 1.165) is 0 Å². The number of hydrogen-bond donors (Lipinski definition) is 0. The molecule has 0 aromatic heterocycles.